The zero-order chi connectivity index (χ0) is 16.0. The van der Waals surface area contributed by atoms with Crippen molar-refractivity contribution in [2.45, 2.75) is 19.0 Å². The number of nitrogens with one attached hydrogen (secondary N) is 1. The van der Waals surface area contributed by atoms with E-state index in [2.05, 4.69) is 5.32 Å². The van der Waals surface area contributed by atoms with E-state index in [1.807, 2.05) is 37.2 Å². The Kier molecular flexibility index (Phi) is 6.32. The third kappa shape index (κ3) is 7.22. The predicted molar refractivity (Wildman–Crippen MR) is 84.8 cm³/mol. The molecule has 1 unspecified atom stereocenters. The molecule has 0 fully saturated rings. The Morgan fingerprint density at radius 1 is 1.38 bits per heavy atom. The summed E-state index contributed by atoms with van der Waals surface area (Å²) >= 11 is 0. The number of anilines is 1. The van der Waals surface area contributed by atoms with Crippen LogP contribution in [0.3, 0.4) is 0 Å². The number of benzene rings is 1. The summed E-state index contributed by atoms with van der Waals surface area (Å²) in [7, 11) is 0.818. The molecule has 1 rings (SSSR count). The minimum absolute atomic E-state index is 0.0950. The molecule has 6 nitrogen and oxygen atoms in total. The van der Waals surface area contributed by atoms with Crippen molar-refractivity contribution in [3.63, 3.8) is 0 Å². The van der Waals surface area contributed by atoms with E-state index in [0.717, 1.165) is 18.4 Å². The summed E-state index contributed by atoms with van der Waals surface area (Å²) in [5.74, 6) is -0.469. The van der Waals surface area contributed by atoms with E-state index in [-0.39, 0.29) is 18.1 Å². The monoisotopic (exact) mass is 313 g/mol. The van der Waals surface area contributed by atoms with Gasteiger partial charge in [0, 0.05) is 18.5 Å². The number of carbonyl (C=O) groups excluding carboxylic acids is 1. The minimum Gasteiger partial charge on any atom is -0.325 e. The molecule has 0 aliphatic rings. The van der Waals surface area contributed by atoms with Crippen molar-refractivity contribution in [3.05, 3.63) is 29.8 Å². The van der Waals surface area contributed by atoms with Crippen LogP contribution in [0.4, 0.5) is 5.69 Å². The molecular formula is C14H23N3O3S. The summed E-state index contributed by atoms with van der Waals surface area (Å²) in [5, 5.41) is 2.71. The van der Waals surface area contributed by atoms with Crippen LogP contribution in [0, 0.1) is 0 Å². The molecule has 0 radical (unpaired) electrons. The van der Waals surface area contributed by atoms with E-state index >= 15 is 0 Å². The molecule has 0 saturated carbocycles. The molecule has 118 valence electrons. The summed E-state index contributed by atoms with van der Waals surface area (Å²) in [6.45, 7) is 0.768. The Morgan fingerprint density at radius 3 is 2.62 bits per heavy atom. The van der Waals surface area contributed by atoms with E-state index < -0.39 is 15.9 Å². The second-order valence-electron chi connectivity index (χ2n) is 5.45. The number of hydrogen-bond donors (Lipinski definition) is 2. The maximum Gasteiger partial charge on any atom is 0.241 e. The lowest BCUT2D eigenvalue weighted by Crippen LogP contribution is -2.37. The minimum atomic E-state index is -3.11. The molecule has 0 aliphatic heterocycles. The van der Waals surface area contributed by atoms with Crippen LogP contribution >= 0.6 is 0 Å². The van der Waals surface area contributed by atoms with Crippen molar-refractivity contribution >= 4 is 21.4 Å². The normalized spacial score (nSPS) is 13.2. The van der Waals surface area contributed by atoms with E-state index in [1.54, 1.807) is 6.07 Å². The molecule has 0 spiro atoms. The molecule has 1 amide bonds. The number of rotatable bonds is 7. The standard InChI is InChI=1S/C14H23N3O3S/c1-17(2)10-11-5-4-6-12(9-11)16-14(18)13(15)7-8-21(3,19)20/h4-6,9,13H,7-8,10,15H2,1-3H3,(H,16,18). The lowest BCUT2D eigenvalue weighted by molar-refractivity contribution is -0.117. The van der Waals surface area contributed by atoms with E-state index in [4.69, 9.17) is 5.73 Å². The maximum atomic E-state index is 11.9. The zero-order valence-electron chi connectivity index (χ0n) is 12.7. The van der Waals surface area contributed by atoms with Crippen molar-refractivity contribution < 1.29 is 13.2 Å². The van der Waals surface area contributed by atoms with Crippen molar-refractivity contribution in [1.82, 2.24) is 4.90 Å². The van der Waals surface area contributed by atoms with Gasteiger partial charge in [-0.1, -0.05) is 12.1 Å². The van der Waals surface area contributed by atoms with Crippen molar-refractivity contribution in [2.24, 2.45) is 5.73 Å². The Hall–Kier alpha value is -1.44. The highest BCUT2D eigenvalue weighted by atomic mass is 32.2. The van der Waals surface area contributed by atoms with Gasteiger partial charge in [-0.05, 0) is 38.2 Å². The molecule has 0 bridgehead atoms. The van der Waals surface area contributed by atoms with Crippen LogP contribution in [0.5, 0.6) is 0 Å². The number of nitrogens with two attached hydrogens (primary N) is 1. The summed E-state index contributed by atoms with van der Waals surface area (Å²) in [5.41, 5.74) is 7.44. The first-order valence-electron chi connectivity index (χ1n) is 6.65. The number of hydrogen-bond acceptors (Lipinski definition) is 5. The number of amides is 1. The summed E-state index contributed by atoms with van der Waals surface area (Å²) < 4.78 is 22.1. The largest absolute Gasteiger partial charge is 0.325 e. The Bertz CT molecular complexity index is 585. The molecule has 1 atom stereocenters. The fraction of sp³-hybridized carbons (Fsp3) is 0.500. The maximum absolute atomic E-state index is 11.9. The summed E-state index contributed by atoms with van der Waals surface area (Å²) in [6.07, 6.45) is 1.24. The molecular weight excluding hydrogens is 290 g/mol. The van der Waals surface area contributed by atoms with Gasteiger partial charge in [-0.25, -0.2) is 8.42 Å². The first-order valence-corrected chi connectivity index (χ1v) is 8.71. The van der Waals surface area contributed by atoms with Crippen LogP contribution in [0.15, 0.2) is 24.3 Å². The Labute approximate surface area is 126 Å². The number of nitrogens with zero attached hydrogens (tertiary/aromatic N) is 1. The van der Waals surface area contributed by atoms with Gasteiger partial charge in [0.25, 0.3) is 0 Å². The van der Waals surface area contributed by atoms with E-state index in [1.165, 1.54) is 0 Å². The van der Waals surface area contributed by atoms with Crippen molar-refractivity contribution in [3.8, 4) is 0 Å². The third-order valence-electron chi connectivity index (χ3n) is 2.83. The first kappa shape index (κ1) is 17.6. The second-order valence-corrected chi connectivity index (χ2v) is 7.71. The van der Waals surface area contributed by atoms with Gasteiger partial charge in [0.2, 0.25) is 5.91 Å². The highest BCUT2D eigenvalue weighted by Crippen LogP contribution is 2.12. The Morgan fingerprint density at radius 2 is 2.05 bits per heavy atom. The van der Waals surface area contributed by atoms with Crippen LogP contribution in [-0.2, 0) is 21.2 Å². The fourth-order valence-corrected chi connectivity index (χ4v) is 2.50. The number of sulfone groups is 1. The molecule has 1 aromatic carbocycles. The van der Waals surface area contributed by atoms with Gasteiger partial charge in [-0.3, -0.25) is 4.79 Å². The Balaban J connectivity index is 2.61. The lowest BCUT2D eigenvalue weighted by Gasteiger charge is -2.14. The molecule has 7 heteroatoms. The quantitative estimate of drug-likeness (QED) is 0.762. The summed E-state index contributed by atoms with van der Waals surface area (Å²) in [6, 6.07) is 6.65. The molecule has 0 aromatic heterocycles. The van der Waals surface area contributed by atoms with Crippen LogP contribution in [-0.4, -0.2) is 51.4 Å². The topological polar surface area (TPSA) is 92.5 Å². The fourth-order valence-electron chi connectivity index (χ4n) is 1.82. The third-order valence-corrected chi connectivity index (χ3v) is 3.81. The highest BCUT2D eigenvalue weighted by Gasteiger charge is 2.16. The molecule has 1 aromatic rings. The van der Waals surface area contributed by atoms with Gasteiger partial charge in [0.1, 0.15) is 9.84 Å². The molecule has 3 N–H and O–H groups in total. The van der Waals surface area contributed by atoms with E-state index in [9.17, 15) is 13.2 Å². The van der Waals surface area contributed by atoms with Gasteiger partial charge in [-0.2, -0.15) is 0 Å². The van der Waals surface area contributed by atoms with Gasteiger partial charge in [-0.15, -0.1) is 0 Å². The van der Waals surface area contributed by atoms with Gasteiger partial charge >= 0.3 is 0 Å². The molecule has 0 heterocycles. The van der Waals surface area contributed by atoms with Gasteiger partial charge in [0.05, 0.1) is 11.8 Å². The SMILES string of the molecule is CN(C)Cc1cccc(NC(=O)C(N)CCS(C)(=O)=O)c1. The van der Waals surface area contributed by atoms with Crippen LogP contribution in [0.2, 0.25) is 0 Å². The molecule has 21 heavy (non-hydrogen) atoms. The van der Waals surface area contributed by atoms with Crippen LogP contribution in [0.1, 0.15) is 12.0 Å². The van der Waals surface area contributed by atoms with Gasteiger partial charge < -0.3 is 16.0 Å². The molecule has 0 saturated heterocycles. The van der Waals surface area contributed by atoms with Gasteiger partial charge in [0.15, 0.2) is 0 Å². The molecule has 0 aliphatic carbocycles. The highest BCUT2D eigenvalue weighted by molar-refractivity contribution is 7.90. The number of carbonyl (C=O) groups is 1. The smallest absolute Gasteiger partial charge is 0.241 e. The zero-order valence-corrected chi connectivity index (χ0v) is 13.5. The van der Waals surface area contributed by atoms with Crippen LogP contribution < -0.4 is 11.1 Å². The van der Waals surface area contributed by atoms with Crippen LogP contribution in [0.25, 0.3) is 0 Å². The first-order chi connectivity index (χ1) is 9.67. The predicted octanol–water partition coefficient (Wildman–Crippen LogP) is 0.449. The summed E-state index contributed by atoms with van der Waals surface area (Å²) in [4.78, 5) is 13.9. The average molecular weight is 313 g/mol. The van der Waals surface area contributed by atoms with Crippen molar-refractivity contribution in [2.75, 3.05) is 31.4 Å². The van der Waals surface area contributed by atoms with E-state index in [0.29, 0.717) is 5.69 Å². The average Bonchev–Trinajstić information content (AvgIpc) is 2.34. The second kappa shape index (κ2) is 7.53. The lowest BCUT2D eigenvalue weighted by atomic mass is 10.1. The van der Waals surface area contributed by atoms with Crippen molar-refractivity contribution in [1.29, 1.82) is 0 Å².